The van der Waals surface area contributed by atoms with E-state index >= 15 is 0 Å². The van der Waals surface area contributed by atoms with Gasteiger partial charge in [-0.25, -0.2) is 4.68 Å². The number of amides is 1. The number of tetrazole rings is 1. The van der Waals surface area contributed by atoms with Crippen LogP contribution in [0.15, 0.2) is 47.4 Å². The summed E-state index contributed by atoms with van der Waals surface area (Å²) in [5.41, 5.74) is 1.44. The summed E-state index contributed by atoms with van der Waals surface area (Å²) < 4.78 is 2.94. The standard InChI is InChI=1S/C15H14N6O2/c1-20-7-6-11(9-13(20)22)15(23)16-12-5-3-4-10(8-12)14-17-18-19-21(14)2/h3-9H,1-2H3,(H,16,23). The number of anilines is 1. The van der Waals surface area contributed by atoms with Gasteiger partial charge in [0, 0.05) is 43.2 Å². The van der Waals surface area contributed by atoms with Crippen LogP contribution >= 0.6 is 0 Å². The van der Waals surface area contributed by atoms with Crippen LogP contribution in [0.25, 0.3) is 11.4 Å². The first kappa shape index (κ1) is 14.6. The number of aromatic nitrogens is 5. The van der Waals surface area contributed by atoms with Crippen LogP contribution in [0.2, 0.25) is 0 Å². The minimum atomic E-state index is -0.351. The number of pyridine rings is 1. The third-order valence-corrected chi connectivity index (χ3v) is 3.37. The lowest BCUT2D eigenvalue weighted by molar-refractivity contribution is 0.102. The van der Waals surface area contributed by atoms with Gasteiger partial charge in [0.25, 0.3) is 11.5 Å². The first-order valence-corrected chi connectivity index (χ1v) is 6.85. The number of hydrogen-bond donors (Lipinski definition) is 1. The number of nitrogens with zero attached hydrogens (tertiary/aromatic N) is 5. The summed E-state index contributed by atoms with van der Waals surface area (Å²) in [4.78, 5) is 23.8. The molecule has 0 aliphatic carbocycles. The van der Waals surface area contributed by atoms with Crippen molar-refractivity contribution < 1.29 is 4.79 Å². The quantitative estimate of drug-likeness (QED) is 0.773. The Kier molecular flexibility index (Phi) is 3.71. The molecular formula is C15H14N6O2. The zero-order valence-corrected chi connectivity index (χ0v) is 12.6. The van der Waals surface area contributed by atoms with Gasteiger partial charge in [-0.3, -0.25) is 9.59 Å². The van der Waals surface area contributed by atoms with E-state index in [0.29, 0.717) is 17.1 Å². The fourth-order valence-corrected chi connectivity index (χ4v) is 2.10. The number of hydrogen-bond acceptors (Lipinski definition) is 5. The third-order valence-electron chi connectivity index (χ3n) is 3.37. The van der Waals surface area contributed by atoms with Gasteiger partial charge in [-0.1, -0.05) is 12.1 Å². The van der Waals surface area contributed by atoms with E-state index in [0.717, 1.165) is 5.56 Å². The van der Waals surface area contributed by atoms with Crippen molar-refractivity contribution in [3.05, 3.63) is 58.5 Å². The van der Waals surface area contributed by atoms with Crippen molar-refractivity contribution >= 4 is 11.6 Å². The maximum absolute atomic E-state index is 12.2. The predicted molar refractivity (Wildman–Crippen MR) is 83.9 cm³/mol. The summed E-state index contributed by atoms with van der Waals surface area (Å²) in [5, 5.41) is 14.1. The summed E-state index contributed by atoms with van der Waals surface area (Å²) in [7, 11) is 3.36. The molecule has 0 saturated carbocycles. The summed E-state index contributed by atoms with van der Waals surface area (Å²) in [6.07, 6.45) is 1.55. The van der Waals surface area contributed by atoms with Gasteiger partial charge in [0.15, 0.2) is 5.82 Å². The maximum Gasteiger partial charge on any atom is 0.255 e. The second kappa shape index (κ2) is 5.84. The number of benzene rings is 1. The van der Waals surface area contributed by atoms with Crippen molar-refractivity contribution in [2.24, 2.45) is 14.1 Å². The maximum atomic E-state index is 12.2. The van der Waals surface area contributed by atoms with Crippen molar-refractivity contribution in [1.82, 2.24) is 24.8 Å². The van der Waals surface area contributed by atoms with E-state index in [1.165, 1.54) is 10.6 Å². The van der Waals surface area contributed by atoms with E-state index in [1.807, 2.05) is 6.07 Å². The Morgan fingerprint density at radius 2 is 2.00 bits per heavy atom. The van der Waals surface area contributed by atoms with Gasteiger partial charge in [-0.15, -0.1) is 5.10 Å². The summed E-state index contributed by atoms with van der Waals surface area (Å²) in [6, 6.07) is 10.1. The molecule has 0 saturated heterocycles. The Labute approximate surface area is 131 Å². The lowest BCUT2D eigenvalue weighted by atomic mass is 10.1. The number of aryl methyl sites for hydroxylation is 2. The van der Waals surface area contributed by atoms with Crippen molar-refractivity contribution in [1.29, 1.82) is 0 Å². The third kappa shape index (κ3) is 3.00. The Hall–Kier alpha value is -3.29. The molecule has 23 heavy (non-hydrogen) atoms. The van der Waals surface area contributed by atoms with Crippen LogP contribution in [0, 0.1) is 0 Å². The Morgan fingerprint density at radius 1 is 1.17 bits per heavy atom. The molecule has 0 atom stereocenters. The zero-order chi connectivity index (χ0) is 16.4. The van der Waals surface area contributed by atoms with Crippen molar-refractivity contribution in [2.75, 3.05) is 5.32 Å². The fourth-order valence-electron chi connectivity index (χ4n) is 2.10. The molecule has 0 aliphatic heterocycles. The molecule has 1 amide bonds. The molecule has 1 N–H and O–H groups in total. The molecule has 3 rings (SSSR count). The van der Waals surface area contributed by atoms with Crippen LogP contribution in [-0.2, 0) is 14.1 Å². The summed E-state index contributed by atoms with van der Waals surface area (Å²) in [6.45, 7) is 0. The van der Waals surface area contributed by atoms with Gasteiger partial charge >= 0.3 is 0 Å². The highest BCUT2D eigenvalue weighted by atomic mass is 16.2. The molecule has 0 aliphatic rings. The largest absolute Gasteiger partial charge is 0.322 e. The van der Waals surface area contributed by atoms with Crippen LogP contribution in [0.3, 0.4) is 0 Å². The molecule has 8 heteroatoms. The zero-order valence-electron chi connectivity index (χ0n) is 12.6. The minimum Gasteiger partial charge on any atom is -0.322 e. The normalized spacial score (nSPS) is 10.5. The molecular weight excluding hydrogens is 296 g/mol. The smallest absolute Gasteiger partial charge is 0.255 e. The Bertz CT molecular complexity index is 927. The fraction of sp³-hybridized carbons (Fsp3) is 0.133. The lowest BCUT2D eigenvalue weighted by Crippen LogP contribution is -2.19. The number of rotatable bonds is 3. The topological polar surface area (TPSA) is 94.7 Å². The molecule has 0 fully saturated rings. The van der Waals surface area contributed by atoms with Crippen molar-refractivity contribution in [3.8, 4) is 11.4 Å². The van der Waals surface area contributed by atoms with Crippen LogP contribution < -0.4 is 10.9 Å². The molecule has 116 valence electrons. The van der Waals surface area contributed by atoms with Crippen LogP contribution in [0.4, 0.5) is 5.69 Å². The van der Waals surface area contributed by atoms with E-state index in [2.05, 4.69) is 20.8 Å². The van der Waals surface area contributed by atoms with Crippen LogP contribution in [0.5, 0.6) is 0 Å². The van der Waals surface area contributed by atoms with Gasteiger partial charge in [0.1, 0.15) is 0 Å². The number of carbonyl (C=O) groups is 1. The molecule has 0 radical (unpaired) electrons. The Balaban J connectivity index is 1.85. The van der Waals surface area contributed by atoms with Gasteiger partial charge < -0.3 is 9.88 Å². The molecule has 0 bridgehead atoms. The van der Waals surface area contributed by atoms with E-state index < -0.39 is 0 Å². The molecule has 3 aromatic rings. The Morgan fingerprint density at radius 3 is 2.70 bits per heavy atom. The summed E-state index contributed by atoms with van der Waals surface area (Å²) in [5.74, 6) is 0.241. The van der Waals surface area contributed by atoms with Crippen molar-refractivity contribution in [3.63, 3.8) is 0 Å². The van der Waals surface area contributed by atoms with E-state index in [1.54, 1.807) is 49.2 Å². The first-order valence-electron chi connectivity index (χ1n) is 6.85. The van der Waals surface area contributed by atoms with Crippen molar-refractivity contribution in [2.45, 2.75) is 0 Å². The second-order valence-electron chi connectivity index (χ2n) is 5.03. The monoisotopic (exact) mass is 310 g/mol. The average molecular weight is 310 g/mol. The van der Waals surface area contributed by atoms with Gasteiger partial charge in [-0.2, -0.15) is 0 Å². The van der Waals surface area contributed by atoms with E-state index in [-0.39, 0.29) is 11.5 Å². The van der Waals surface area contributed by atoms with Gasteiger partial charge in [-0.05, 0) is 28.6 Å². The minimum absolute atomic E-state index is 0.239. The SMILES string of the molecule is Cn1nnnc1-c1cccc(NC(=O)c2ccn(C)c(=O)c2)c1. The van der Waals surface area contributed by atoms with Crippen LogP contribution in [0.1, 0.15) is 10.4 Å². The molecule has 8 nitrogen and oxygen atoms in total. The van der Waals surface area contributed by atoms with Gasteiger partial charge in [0.2, 0.25) is 0 Å². The molecule has 0 spiro atoms. The number of nitrogens with one attached hydrogen (secondary N) is 1. The highest BCUT2D eigenvalue weighted by molar-refractivity contribution is 6.04. The lowest BCUT2D eigenvalue weighted by Gasteiger charge is -2.07. The van der Waals surface area contributed by atoms with E-state index in [9.17, 15) is 9.59 Å². The molecule has 2 heterocycles. The molecule has 1 aromatic carbocycles. The van der Waals surface area contributed by atoms with E-state index in [4.69, 9.17) is 0 Å². The average Bonchev–Trinajstić information content (AvgIpc) is 2.96. The number of carbonyl (C=O) groups excluding carboxylic acids is 1. The van der Waals surface area contributed by atoms with Gasteiger partial charge in [0.05, 0.1) is 0 Å². The first-order chi connectivity index (χ1) is 11.0. The van der Waals surface area contributed by atoms with Crippen LogP contribution in [-0.4, -0.2) is 30.7 Å². The molecule has 2 aromatic heterocycles. The predicted octanol–water partition coefficient (Wildman–Crippen LogP) is 0.828. The summed E-state index contributed by atoms with van der Waals surface area (Å²) >= 11 is 0. The highest BCUT2D eigenvalue weighted by Crippen LogP contribution is 2.19. The molecule has 0 unspecified atom stereocenters. The highest BCUT2D eigenvalue weighted by Gasteiger charge is 2.10. The second-order valence-corrected chi connectivity index (χ2v) is 5.03.